The molecule has 2 rings (SSSR count). The van der Waals surface area contributed by atoms with Crippen LogP contribution < -0.4 is 14.8 Å². The fourth-order valence-corrected chi connectivity index (χ4v) is 3.45. The van der Waals surface area contributed by atoms with Crippen molar-refractivity contribution in [3.05, 3.63) is 54.1 Å². The Kier molecular flexibility index (Phi) is 7.03. The van der Waals surface area contributed by atoms with Crippen molar-refractivity contribution >= 4 is 27.3 Å². The van der Waals surface area contributed by atoms with Crippen molar-refractivity contribution in [1.82, 2.24) is 0 Å². The molecule has 2 aromatic rings. The minimum Gasteiger partial charge on any atom is -0.491 e. The van der Waals surface area contributed by atoms with Gasteiger partial charge in [-0.1, -0.05) is 32.0 Å². The highest BCUT2D eigenvalue weighted by atomic mass is 32.2. The van der Waals surface area contributed by atoms with Crippen molar-refractivity contribution in [1.29, 1.82) is 0 Å². The van der Waals surface area contributed by atoms with Crippen LogP contribution in [0.3, 0.4) is 0 Å². The molecule has 0 aliphatic carbocycles. The molecule has 2 N–H and O–H groups in total. The second-order valence-corrected chi connectivity index (χ2v) is 7.64. The van der Waals surface area contributed by atoms with Gasteiger partial charge in [-0.25, -0.2) is 8.42 Å². The van der Waals surface area contributed by atoms with Crippen LogP contribution in [-0.2, 0) is 10.0 Å². The van der Waals surface area contributed by atoms with Crippen LogP contribution in [0.1, 0.15) is 37.0 Å². The lowest BCUT2D eigenvalue weighted by atomic mass is 10.2. The highest BCUT2D eigenvalue weighted by Crippen LogP contribution is 2.25. The molecule has 0 aliphatic rings. The molecule has 140 valence electrons. The number of nitrogens with one attached hydrogen (secondary N) is 2. The number of rotatable bonds is 9. The van der Waals surface area contributed by atoms with E-state index in [1.54, 1.807) is 37.3 Å². The lowest BCUT2D eigenvalue weighted by Gasteiger charge is -2.13. The van der Waals surface area contributed by atoms with Crippen molar-refractivity contribution in [3.8, 4) is 5.75 Å². The van der Waals surface area contributed by atoms with Crippen LogP contribution in [0.5, 0.6) is 5.75 Å². The summed E-state index contributed by atoms with van der Waals surface area (Å²) in [6, 6.07) is 13.6. The van der Waals surface area contributed by atoms with Gasteiger partial charge >= 0.3 is 0 Å². The van der Waals surface area contributed by atoms with Crippen LogP contribution in [-0.4, -0.2) is 26.7 Å². The number of sulfonamides is 1. The summed E-state index contributed by atoms with van der Waals surface area (Å²) in [6.45, 7) is 4.36. The van der Waals surface area contributed by atoms with Crippen molar-refractivity contribution in [2.24, 2.45) is 0 Å². The number of benzene rings is 2. The van der Waals surface area contributed by atoms with Gasteiger partial charge in [-0.3, -0.25) is 9.52 Å². The van der Waals surface area contributed by atoms with Crippen molar-refractivity contribution in [2.45, 2.75) is 26.7 Å². The molecular weight excluding hydrogens is 352 g/mol. The summed E-state index contributed by atoms with van der Waals surface area (Å²) in [5.74, 6) is 0.294. The zero-order valence-electron chi connectivity index (χ0n) is 15.0. The molecule has 0 aliphatic heterocycles. The molecule has 0 saturated heterocycles. The lowest BCUT2D eigenvalue weighted by Crippen LogP contribution is -2.17. The molecule has 0 aromatic heterocycles. The van der Waals surface area contributed by atoms with Crippen LogP contribution in [0, 0.1) is 0 Å². The molecular formula is C19H24N2O4S. The van der Waals surface area contributed by atoms with E-state index >= 15 is 0 Å². The number of amides is 1. The molecule has 0 atom stereocenters. The quantitative estimate of drug-likeness (QED) is 0.695. The first-order valence-electron chi connectivity index (χ1n) is 8.59. The zero-order chi connectivity index (χ0) is 19.0. The van der Waals surface area contributed by atoms with Crippen molar-refractivity contribution < 1.29 is 17.9 Å². The number of carbonyl (C=O) groups is 1. The van der Waals surface area contributed by atoms with E-state index in [2.05, 4.69) is 10.0 Å². The summed E-state index contributed by atoms with van der Waals surface area (Å²) in [7, 11) is -3.40. The van der Waals surface area contributed by atoms with E-state index in [4.69, 9.17) is 4.74 Å². The molecule has 0 bridgehead atoms. The fourth-order valence-electron chi connectivity index (χ4n) is 2.33. The van der Waals surface area contributed by atoms with Crippen molar-refractivity contribution in [2.75, 3.05) is 22.4 Å². The Hall–Kier alpha value is -2.54. The second kappa shape index (κ2) is 9.24. The average molecular weight is 376 g/mol. The number of carbonyl (C=O) groups excluding carboxylic acids is 1. The molecule has 2 aromatic carbocycles. The Balaban J connectivity index is 2.15. The van der Waals surface area contributed by atoms with Gasteiger partial charge in [0.1, 0.15) is 5.75 Å². The maximum Gasteiger partial charge on any atom is 0.255 e. The summed E-state index contributed by atoms with van der Waals surface area (Å²) >= 11 is 0. The number of hydrogen-bond acceptors (Lipinski definition) is 4. The number of ether oxygens (including phenoxy) is 1. The molecule has 7 heteroatoms. The Morgan fingerprint density at radius 1 is 1.04 bits per heavy atom. The Morgan fingerprint density at radius 2 is 1.81 bits per heavy atom. The van der Waals surface area contributed by atoms with Gasteiger partial charge < -0.3 is 10.1 Å². The van der Waals surface area contributed by atoms with E-state index in [9.17, 15) is 13.2 Å². The smallest absolute Gasteiger partial charge is 0.255 e. The predicted octanol–water partition coefficient (Wildman–Crippen LogP) is 3.88. The average Bonchev–Trinajstić information content (AvgIpc) is 2.60. The normalized spacial score (nSPS) is 11.0. The Morgan fingerprint density at radius 3 is 2.54 bits per heavy atom. The zero-order valence-corrected chi connectivity index (χ0v) is 15.8. The van der Waals surface area contributed by atoms with E-state index in [0.29, 0.717) is 35.7 Å². The van der Waals surface area contributed by atoms with Gasteiger partial charge in [0.25, 0.3) is 5.91 Å². The third-order valence-corrected chi connectivity index (χ3v) is 4.96. The molecule has 0 spiro atoms. The number of anilines is 2. The fraction of sp³-hybridized carbons (Fsp3) is 0.316. The van der Waals surface area contributed by atoms with E-state index in [1.165, 1.54) is 6.07 Å². The van der Waals surface area contributed by atoms with E-state index in [1.807, 2.05) is 19.1 Å². The molecule has 0 heterocycles. The third-order valence-electron chi connectivity index (χ3n) is 3.47. The predicted molar refractivity (Wildman–Crippen MR) is 104 cm³/mol. The highest BCUT2D eigenvalue weighted by Gasteiger charge is 2.13. The van der Waals surface area contributed by atoms with Crippen LogP contribution >= 0.6 is 0 Å². The summed E-state index contributed by atoms with van der Waals surface area (Å²) in [4.78, 5) is 12.5. The molecule has 0 fully saturated rings. The largest absolute Gasteiger partial charge is 0.491 e. The summed E-state index contributed by atoms with van der Waals surface area (Å²) < 4.78 is 31.9. The maximum atomic E-state index is 12.5. The van der Waals surface area contributed by atoms with Gasteiger partial charge in [-0.2, -0.15) is 0 Å². The molecule has 0 radical (unpaired) electrons. The van der Waals surface area contributed by atoms with Gasteiger partial charge in [0.05, 0.1) is 18.0 Å². The third kappa shape index (κ3) is 5.77. The van der Waals surface area contributed by atoms with Gasteiger partial charge in [-0.05, 0) is 43.2 Å². The first-order valence-corrected chi connectivity index (χ1v) is 10.2. The monoisotopic (exact) mass is 376 g/mol. The summed E-state index contributed by atoms with van der Waals surface area (Å²) in [6.07, 6.45) is 1.38. The summed E-state index contributed by atoms with van der Waals surface area (Å²) in [5.41, 5.74) is 1.29. The lowest BCUT2D eigenvalue weighted by molar-refractivity contribution is 0.102. The van der Waals surface area contributed by atoms with Gasteiger partial charge in [0.15, 0.2) is 0 Å². The minimum atomic E-state index is -3.40. The van der Waals surface area contributed by atoms with Crippen molar-refractivity contribution in [3.63, 3.8) is 0 Å². The minimum absolute atomic E-state index is 0.0333. The molecule has 0 saturated carbocycles. The molecule has 26 heavy (non-hydrogen) atoms. The van der Waals surface area contributed by atoms with E-state index < -0.39 is 10.0 Å². The highest BCUT2D eigenvalue weighted by molar-refractivity contribution is 7.92. The van der Waals surface area contributed by atoms with Gasteiger partial charge in [-0.15, -0.1) is 0 Å². The van der Waals surface area contributed by atoms with Crippen LogP contribution in [0.4, 0.5) is 11.4 Å². The first-order chi connectivity index (χ1) is 12.4. The van der Waals surface area contributed by atoms with Gasteiger partial charge in [0.2, 0.25) is 10.0 Å². The molecule has 1 amide bonds. The molecule has 6 nitrogen and oxygen atoms in total. The van der Waals surface area contributed by atoms with Crippen LogP contribution in [0.15, 0.2) is 48.5 Å². The van der Waals surface area contributed by atoms with E-state index in [-0.39, 0.29) is 11.7 Å². The Labute approximate surface area is 154 Å². The number of para-hydroxylation sites is 2. The SMILES string of the molecule is CCCOc1ccccc1NC(=O)c1cccc(NS(=O)(=O)CCC)c1. The Bertz CT molecular complexity index is 850. The number of hydrogen-bond donors (Lipinski definition) is 2. The summed E-state index contributed by atoms with van der Waals surface area (Å²) in [5, 5.41) is 2.81. The van der Waals surface area contributed by atoms with Gasteiger partial charge in [0, 0.05) is 11.3 Å². The maximum absolute atomic E-state index is 12.5. The first kappa shape index (κ1) is 19.8. The second-order valence-electron chi connectivity index (χ2n) is 5.80. The standard InChI is InChI=1S/C19H24N2O4S/c1-3-12-25-18-11-6-5-10-17(18)20-19(22)15-8-7-9-16(14-15)21-26(23,24)13-4-2/h5-11,14,21H,3-4,12-13H2,1-2H3,(H,20,22). The van der Waals surface area contributed by atoms with Crippen LogP contribution in [0.2, 0.25) is 0 Å². The van der Waals surface area contributed by atoms with Crippen LogP contribution in [0.25, 0.3) is 0 Å². The van der Waals surface area contributed by atoms with E-state index in [0.717, 1.165) is 6.42 Å². The molecule has 0 unspecified atom stereocenters. The topological polar surface area (TPSA) is 84.5 Å².